The molecule has 1 N–H and O–H groups in total. The van der Waals surface area contributed by atoms with Gasteiger partial charge in [-0.25, -0.2) is 4.98 Å². The minimum Gasteiger partial charge on any atom is -0.342 e. The van der Waals surface area contributed by atoms with Gasteiger partial charge in [0.25, 0.3) is 0 Å². The third-order valence-electron chi connectivity index (χ3n) is 3.09. The lowest BCUT2D eigenvalue weighted by Gasteiger charge is -2.15. The van der Waals surface area contributed by atoms with Gasteiger partial charge in [0.1, 0.15) is 5.82 Å². The number of rotatable bonds is 7. The second-order valence-electron chi connectivity index (χ2n) is 4.72. The lowest BCUT2D eigenvalue weighted by molar-refractivity contribution is 0.220. The molecule has 0 radical (unpaired) electrons. The molecule has 0 atom stereocenters. The van der Waals surface area contributed by atoms with Crippen LogP contribution in [0.15, 0.2) is 12.1 Å². The summed E-state index contributed by atoms with van der Waals surface area (Å²) in [5.74, 6) is 0.756. The zero-order valence-corrected chi connectivity index (χ0v) is 14.1. The molecule has 5 nitrogen and oxygen atoms in total. The minimum atomic E-state index is -3.03. The average molecular weight is 331 g/mol. The maximum absolute atomic E-state index is 12.4. The first kappa shape index (κ1) is 16.5. The van der Waals surface area contributed by atoms with Crippen LogP contribution in [0.25, 0.3) is 11.0 Å². The maximum Gasteiger partial charge on any atom is 0.331 e. The number of nitrogens with one attached hydrogen (secondary N) is 1. The quantitative estimate of drug-likeness (QED) is 0.767. The maximum atomic E-state index is 12.4. The van der Waals surface area contributed by atoms with Crippen LogP contribution in [0.4, 0.5) is 0 Å². The van der Waals surface area contributed by atoms with Crippen molar-refractivity contribution < 1.29 is 13.6 Å². The summed E-state index contributed by atoms with van der Waals surface area (Å²) >= 11 is 6.09. The smallest absolute Gasteiger partial charge is 0.331 e. The first-order valence-corrected chi connectivity index (χ1v) is 9.11. The number of benzene rings is 1. The Hall–Kier alpha value is -0.870. The van der Waals surface area contributed by atoms with Crippen LogP contribution in [0.3, 0.4) is 0 Å². The number of nitrogens with zero attached hydrogens (tertiary/aromatic N) is 1. The van der Waals surface area contributed by atoms with Gasteiger partial charge in [-0.15, -0.1) is 0 Å². The van der Waals surface area contributed by atoms with Crippen molar-refractivity contribution in [3.63, 3.8) is 0 Å². The van der Waals surface area contributed by atoms with Crippen LogP contribution in [-0.2, 0) is 20.0 Å². The van der Waals surface area contributed by atoms with Crippen LogP contribution in [0, 0.1) is 6.92 Å². The Bertz CT molecular complexity index is 623. The Balaban J connectivity index is 2.14. The summed E-state index contributed by atoms with van der Waals surface area (Å²) in [4.78, 5) is 7.68. The fourth-order valence-electron chi connectivity index (χ4n) is 2.11. The number of aromatic nitrogens is 2. The van der Waals surface area contributed by atoms with E-state index in [1.807, 2.05) is 19.1 Å². The molecule has 2 rings (SSSR count). The van der Waals surface area contributed by atoms with Crippen LogP contribution in [-0.4, -0.2) is 29.3 Å². The SMILES string of the molecule is CCOP(=O)(CCc1nc2cc(Cl)c(C)cc2[nH]1)OCC. The van der Waals surface area contributed by atoms with Crippen molar-refractivity contribution in [1.29, 1.82) is 0 Å². The highest BCUT2D eigenvalue weighted by Gasteiger charge is 2.23. The number of hydrogen-bond acceptors (Lipinski definition) is 4. The summed E-state index contributed by atoms with van der Waals surface area (Å²) < 4.78 is 23.0. The van der Waals surface area contributed by atoms with E-state index >= 15 is 0 Å². The van der Waals surface area contributed by atoms with Crippen LogP contribution in [0.2, 0.25) is 5.02 Å². The van der Waals surface area contributed by atoms with Crippen LogP contribution < -0.4 is 0 Å². The summed E-state index contributed by atoms with van der Waals surface area (Å²) in [7, 11) is -3.03. The molecule has 1 aromatic heterocycles. The standard InChI is InChI=1S/C14H20ClN2O3P/c1-4-19-21(18,20-5-2)7-6-14-16-12-8-10(3)11(15)9-13(12)17-14/h8-9H,4-7H2,1-3H3,(H,16,17). The topological polar surface area (TPSA) is 64.2 Å². The number of fused-ring (bicyclic) bond motifs is 1. The van der Waals surface area contributed by atoms with Gasteiger partial charge in [0.15, 0.2) is 0 Å². The van der Waals surface area contributed by atoms with E-state index in [-0.39, 0.29) is 0 Å². The normalized spacial score (nSPS) is 12.2. The molecule has 2 aromatic rings. The molecule has 0 aliphatic carbocycles. The molecule has 0 saturated carbocycles. The first-order chi connectivity index (χ1) is 9.97. The Kier molecular flexibility index (Phi) is 5.44. The third kappa shape index (κ3) is 4.07. The van der Waals surface area contributed by atoms with E-state index < -0.39 is 7.60 Å². The molecule has 7 heteroatoms. The van der Waals surface area contributed by atoms with Crippen molar-refractivity contribution in [3.05, 3.63) is 28.5 Å². The summed E-state index contributed by atoms with van der Waals surface area (Å²) in [6, 6.07) is 3.79. The lowest BCUT2D eigenvalue weighted by Crippen LogP contribution is -2.03. The molecule has 21 heavy (non-hydrogen) atoms. The Morgan fingerprint density at radius 2 is 1.95 bits per heavy atom. The zero-order chi connectivity index (χ0) is 15.5. The highest BCUT2D eigenvalue weighted by molar-refractivity contribution is 7.53. The predicted octanol–water partition coefficient (Wildman–Crippen LogP) is 4.33. The number of imidazole rings is 1. The molecule has 0 aliphatic rings. The molecule has 0 bridgehead atoms. The van der Waals surface area contributed by atoms with Gasteiger partial charge < -0.3 is 14.0 Å². The fraction of sp³-hybridized carbons (Fsp3) is 0.500. The second kappa shape index (κ2) is 6.93. The highest BCUT2D eigenvalue weighted by atomic mass is 35.5. The van der Waals surface area contributed by atoms with Crippen LogP contribution >= 0.6 is 19.2 Å². The van der Waals surface area contributed by atoms with E-state index in [1.165, 1.54) is 0 Å². The zero-order valence-electron chi connectivity index (χ0n) is 12.5. The number of halogens is 1. The van der Waals surface area contributed by atoms with E-state index in [2.05, 4.69) is 9.97 Å². The number of aryl methyl sites for hydroxylation is 2. The van der Waals surface area contributed by atoms with Gasteiger partial charge in [0.2, 0.25) is 0 Å². The number of aromatic amines is 1. The molecule has 0 aliphatic heterocycles. The van der Waals surface area contributed by atoms with Crippen molar-refractivity contribution in [2.45, 2.75) is 27.2 Å². The molecule has 0 fully saturated rings. The molecule has 0 saturated heterocycles. The van der Waals surface area contributed by atoms with Gasteiger partial charge in [0, 0.05) is 11.4 Å². The van der Waals surface area contributed by atoms with E-state index in [1.54, 1.807) is 13.8 Å². The summed E-state index contributed by atoms with van der Waals surface area (Å²) in [6.45, 7) is 6.29. The van der Waals surface area contributed by atoms with Gasteiger partial charge in [-0.3, -0.25) is 4.57 Å². The van der Waals surface area contributed by atoms with Crippen molar-refractivity contribution in [1.82, 2.24) is 9.97 Å². The highest BCUT2D eigenvalue weighted by Crippen LogP contribution is 2.48. The van der Waals surface area contributed by atoms with E-state index in [0.717, 1.165) is 22.4 Å². The Labute approximate surface area is 129 Å². The van der Waals surface area contributed by atoms with Gasteiger partial charge in [0.05, 0.1) is 30.4 Å². The molecule has 116 valence electrons. The average Bonchev–Trinajstić information content (AvgIpc) is 2.80. The Morgan fingerprint density at radius 3 is 2.57 bits per heavy atom. The van der Waals surface area contributed by atoms with Crippen molar-refractivity contribution in [2.24, 2.45) is 0 Å². The summed E-state index contributed by atoms with van der Waals surface area (Å²) in [5, 5.41) is 0.690. The minimum absolute atomic E-state index is 0.307. The lowest BCUT2D eigenvalue weighted by atomic mass is 10.2. The van der Waals surface area contributed by atoms with Crippen molar-refractivity contribution >= 4 is 30.2 Å². The predicted molar refractivity (Wildman–Crippen MR) is 85.3 cm³/mol. The van der Waals surface area contributed by atoms with E-state index in [0.29, 0.717) is 30.8 Å². The van der Waals surface area contributed by atoms with Gasteiger partial charge in [-0.05, 0) is 38.5 Å². The van der Waals surface area contributed by atoms with Crippen LogP contribution in [0.5, 0.6) is 0 Å². The van der Waals surface area contributed by atoms with E-state index in [9.17, 15) is 4.57 Å². The van der Waals surface area contributed by atoms with Gasteiger partial charge >= 0.3 is 7.60 Å². The molecular weight excluding hydrogens is 311 g/mol. The Morgan fingerprint density at radius 1 is 1.29 bits per heavy atom. The molecule has 0 amide bonds. The largest absolute Gasteiger partial charge is 0.342 e. The van der Waals surface area contributed by atoms with Gasteiger partial charge in [-0.1, -0.05) is 11.6 Å². The molecule has 1 aromatic carbocycles. The third-order valence-corrected chi connectivity index (χ3v) is 5.57. The van der Waals surface area contributed by atoms with Crippen molar-refractivity contribution in [3.8, 4) is 0 Å². The van der Waals surface area contributed by atoms with Gasteiger partial charge in [-0.2, -0.15) is 0 Å². The fourth-order valence-corrected chi connectivity index (χ4v) is 3.88. The molecule has 0 spiro atoms. The second-order valence-corrected chi connectivity index (χ2v) is 7.31. The molecular formula is C14H20ClN2O3P. The van der Waals surface area contributed by atoms with Crippen LogP contribution in [0.1, 0.15) is 25.2 Å². The molecule has 0 unspecified atom stereocenters. The first-order valence-electron chi connectivity index (χ1n) is 7.00. The number of H-pyrrole nitrogens is 1. The summed E-state index contributed by atoms with van der Waals surface area (Å²) in [5.41, 5.74) is 2.73. The molecule has 1 heterocycles. The van der Waals surface area contributed by atoms with Crippen molar-refractivity contribution in [2.75, 3.05) is 19.4 Å². The van der Waals surface area contributed by atoms with E-state index in [4.69, 9.17) is 20.6 Å². The monoisotopic (exact) mass is 330 g/mol. The summed E-state index contributed by atoms with van der Waals surface area (Å²) in [6.07, 6.45) is 0.809. The number of hydrogen-bond donors (Lipinski definition) is 1.